The fraction of sp³-hybridized carbons (Fsp3) is 0.333. The van der Waals surface area contributed by atoms with Crippen molar-refractivity contribution >= 4 is 11.9 Å². The number of nitrogens with zero attached hydrogens (tertiary/aromatic N) is 4. The number of carbonyl (C=O) groups is 2. The molecule has 0 aliphatic rings. The minimum atomic E-state index is -1.07. The van der Waals surface area contributed by atoms with Crippen LogP contribution >= 0.6 is 0 Å². The van der Waals surface area contributed by atoms with E-state index in [4.69, 9.17) is 5.11 Å². The molecule has 1 heterocycles. The molecule has 0 spiro atoms. The van der Waals surface area contributed by atoms with Crippen molar-refractivity contribution in [1.29, 1.82) is 0 Å². The molecule has 0 fully saturated rings. The lowest BCUT2D eigenvalue weighted by atomic mass is 10.1. The van der Waals surface area contributed by atoms with Gasteiger partial charge in [0.1, 0.15) is 6.54 Å². The molecule has 1 N–H and O–H groups in total. The van der Waals surface area contributed by atoms with Gasteiger partial charge in [-0.05, 0) is 32.4 Å². The second-order valence-electron chi connectivity index (χ2n) is 5.27. The van der Waals surface area contributed by atoms with Crippen LogP contribution in [0.5, 0.6) is 0 Å². The average Bonchev–Trinajstić information content (AvgIpc) is 2.78. The number of rotatable bonds is 4. The predicted molar refractivity (Wildman–Crippen MR) is 80.2 cm³/mol. The zero-order valence-electron chi connectivity index (χ0n) is 13.0. The van der Waals surface area contributed by atoms with Gasteiger partial charge >= 0.3 is 5.97 Å². The van der Waals surface area contributed by atoms with Crippen molar-refractivity contribution < 1.29 is 14.7 Å². The molecule has 1 aromatic carbocycles. The minimum absolute atomic E-state index is 0.156. The topological polar surface area (TPSA) is 88.3 Å². The van der Waals surface area contributed by atoms with Gasteiger partial charge in [0, 0.05) is 7.05 Å². The maximum absolute atomic E-state index is 12.2. The first kappa shape index (κ1) is 15.7. The quantitative estimate of drug-likeness (QED) is 0.921. The Balaban J connectivity index is 2.35. The van der Waals surface area contributed by atoms with Gasteiger partial charge in [0.05, 0.1) is 11.4 Å². The molecule has 1 amide bonds. The summed E-state index contributed by atoms with van der Waals surface area (Å²) in [4.78, 5) is 25.4. The third kappa shape index (κ3) is 3.13. The van der Waals surface area contributed by atoms with E-state index in [0.717, 1.165) is 21.7 Å². The zero-order chi connectivity index (χ0) is 16.4. The summed E-state index contributed by atoms with van der Waals surface area (Å²) in [6.45, 7) is 5.23. The molecular weight excluding hydrogens is 284 g/mol. The molecule has 2 aromatic rings. The van der Waals surface area contributed by atoms with Crippen molar-refractivity contribution in [1.82, 2.24) is 19.9 Å². The molecule has 22 heavy (non-hydrogen) atoms. The Kier molecular flexibility index (Phi) is 4.25. The first-order valence-corrected chi connectivity index (χ1v) is 6.78. The Hall–Kier alpha value is -2.70. The third-order valence-electron chi connectivity index (χ3n) is 3.27. The molecule has 2 rings (SSSR count). The lowest BCUT2D eigenvalue weighted by Crippen LogP contribution is -2.32. The second-order valence-corrected chi connectivity index (χ2v) is 5.27. The molecule has 0 bridgehead atoms. The Morgan fingerprint density at radius 2 is 1.91 bits per heavy atom. The normalized spacial score (nSPS) is 10.5. The molecule has 0 atom stereocenters. The number of benzene rings is 1. The minimum Gasteiger partial charge on any atom is -0.480 e. The van der Waals surface area contributed by atoms with Gasteiger partial charge in [-0.2, -0.15) is 9.90 Å². The molecule has 7 nitrogen and oxygen atoms in total. The number of hydrogen-bond acceptors (Lipinski definition) is 4. The van der Waals surface area contributed by atoms with Crippen LogP contribution in [0.4, 0.5) is 0 Å². The van der Waals surface area contributed by atoms with E-state index in [-0.39, 0.29) is 12.2 Å². The van der Waals surface area contributed by atoms with Gasteiger partial charge < -0.3 is 10.0 Å². The highest BCUT2D eigenvalue weighted by molar-refractivity contribution is 5.94. The Bertz CT molecular complexity index is 736. The van der Waals surface area contributed by atoms with Crippen molar-refractivity contribution in [3.8, 4) is 5.69 Å². The van der Waals surface area contributed by atoms with Crippen LogP contribution < -0.4 is 0 Å². The van der Waals surface area contributed by atoms with E-state index in [2.05, 4.69) is 10.2 Å². The molecular formula is C15H18N4O3. The average molecular weight is 302 g/mol. The second kappa shape index (κ2) is 5.97. The summed E-state index contributed by atoms with van der Waals surface area (Å²) in [6, 6.07) is 5.84. The fourth-order valence-electron chi connectivity index (χ4n) is 2.17. The summed E-state index contributed by atoms with van der Waals surface area (Å²) in [7, 11) is 1.42. The molecule has 0 aliphatic heterocycles. The molecule has 0 unspecified atom stereocenters. The van der Waals surface area contributed by atoms with Gasteiger partial charge in [-0.15, -0.1) is 5.10 Å². The van der Waals surface area contributed by atoms with E-state index in [9.17, 15) is 9.59 Å². The van der Waals surface area contributed by atoms with Crippen LogP contribution in [0.3, 0.4) is 0 Å². The SMILES string of the molecule is Cc1ccc(-n2nc(C)c(C(=O)N(C)CC(=O)O)n2)c(C)c1. The highest BCUT2D eigenvalue weighted by Crippen LogP contribution is 2.15. The van der Waals surface area contributed by atoms with E-state index >= 15 is 0 Å². The highest BCUT2D eigenvalue weighted by Gasteiger charge is 2.21. The number of aliphatic carboxylic acids is 1. The van der Waals surface area contributed by atoms with E-state index in [0.29, 0.717) is 5.69 Å². The summed E-state index contributed by atoms with van der Waals surface area (Å²) in [5, 5.41) is 17.2. The van der Waals surface area contributed by atoms with Gasteiger partial charge in [0.2, 0.25) is 0 Å². The summed E-state index contributed by atoms with van der Waals surface area (Å²) in [5.41, 5.74) is 3.52. The van der Waals surface area contributed by atoms with Gasteiger partial charge in [-0.3, -0.25) is 9.59 Å². The summed E-state index contributed by atoms with van der Waals surface area (Å²) < 4.78 is 0. The van der Waals surface area contributed by atoms with E-state index in [1.54, 1.807) is 6.92 Å². The molecule has 0 saturated heterocycles. The van der Waals surface area contributed by atoms with Crippen molar-refractivity contribution in [3.05, 3.63) is 40.7 Å². The number of carboxylic acid groups (broad SMARTS) is 1. The molecule has 0 saturated carbocycles. The predicted octanol–water partition coefficient (Wildman–Crippen LogP) is 1.35. The van der Waals surface area contributed by atoms with Crippen LogP contribution in [0, 0.1) is 20.8 Å². The van der Waals surface area contributed by atoms with Gasteiger partial charge in [0.15, 0.2) is 5.69 Å². The standard InChI is InChI=1S/C15H18N4O3/c1-9-5-6-12(10(2)7-9)19-16-11(3)14(17-19)15(22)18(4)8-13(20)21/h5-7H,8H2,1-4H3,(H,20,21). The number of carbonyl (C=O) groups excluding carboxylic acids is 1. The molecule has 116 valence electrons. The monoisotopic (exact) mass is 302 g/mol. The summed E-state index contributed by atoms with van der Waals surface area (Å²) >= 11 is 0. The van der Waals surface area contributed by atoms with Crippen molar-refractivity contribution in [3.63, 3.8) is 0 Å². The molecule has 0 radical (unpaired) electrons. The van der Waals surface area contributed by atoms with Crippen LogP contribution in [0.2, 0.25) is 0 Å². The number of likely N-dealkylation sites (N-methyl/N-ethyl adjacent to an activating group) is 1. The van der Waals surface area contributed by atoms with Crippen LogP contribution in [-0.4, -0.2) is 50.5 Å². The van der Waals surface area contributed by atoms with Crippen molar-refractivity contribution in [2.45, 2.75) is 20.8 Å². The number of amides is 1. The Morgan fingerprint density at radius 3 is 2.50 bits per heavy atom. The smallest absolute Gasteiger partial charge is 0.323 e. The van der Waals surface area contributed by atoms with Crippen LogP contribution in [0.25, 0.3) is 5.69 Å². The fourth-order valence-corrected chi connectivity index (χ4v) is 2.17. The number of carboxylic acids is 1. The third-order valence-corrected chi connectivity index (χ3v) is 3.27. The number of hydrogen-bond donors (Lipinski definition) is 1. The van der Waals surface area contributed by atoms with Crippen LogP contribution in [-0.2, 0) is 4.79 Å². The number of aryl methyl sites for hydroxylation is 3. The van der Waals surface area contributed by atoms with E-state index in [1.807, 2.05) is 32.0 Å². The maximum Gasteiger partial charge on any atom is 0.323 e. The largest absolute Gasteiger partial charge is 0.480 e. The number of aromatic nitrogens is 3. The van der Waals surface area contributed by atoms with Gasteiger partial charge in [-0.25, -0.2) is 0 Å². The highest BCUT2D eigenvalue weighted by atomic mass is 16.4. The van der Waals surface area contributed by atoms with Gasteiger partial charge in [0.25, 0.3) is 5.91 Å². The summed E-state index contributed by atoms with van der Waals surface area (Å²) in [5.74, 6) is -1.54. The molecule has 0 aliphatic carbocycles. The van der Waals surface area contributed by atoms with Crippen molar-refractivity contribution in [2.24, 2.45) is 0 Å². The Morgan fingerprint density at radius 1 is 1.23 bits per heavy atom. The lowest BCUT2D eigenvalue weighted by molar-refractivity contribution is -0.137. The first-order chi connectivity index (χ1) is 10.3. The van der Waals surface area contributed by atoms with Crippen molar-refractivity contribution in [2.75, 3.05) is 13.6 Å². The Labute approximate surface area is 128 Å². The van der Waals surface area contributed by atoms with E-state index < -0.39 is 11.9 Å². The first-order valence-electron chi connectivity index (χ1n) is 6.78. The molecule has 7 heteroatoms. The lowest BCUT2D eigenvalue weighted by Gasteiger charge is -2.12. The zero-order valence-corrected chi connectivity index (χ0v) is 13.0. The molecule has 1 aromatic heterocycles. The van der Waals surface area contributed by atoms with Crippen LogP contribution in [0.15, 0.2) is 18.2 Å². The van der Waals surface area contributed by atoms with E-state index in [1.165, 1.54) is 11.8 Å². The summed E-state index contributed by atoms with van der Waals surface area (Å²) in [6.07, 6.45) is 0. The van der Waals surface area contributed by atoms with Gasteiger partial charge in [-0.1, -0.05) is 17.7 Å². The van der Waals surface area contributed by atoms with Crippen LogP contribution in [0.1, 0.15) is 27.3 Å². The maximum atomic E-state index is 12.2.